The zero-order chi connectivity index (χ0) is 11.5. The molecule has 0 saturated carbocycles. The predicted octanol–water partition coefficient (Wildman–Crippen LogP) is 0.796. The monoisotopic (exact) mass is 223 g/mol. The molecule has 0 unspecified atom stereocenters. The second-order valence-corrected chi connectivity index (χ2v) is 4.56. The van der Waals surface area contributed by atoms with Crippen molar-refractivity contribution < 1.29 is 4.79 Å². The number of nitrogens with one attached hydrogen (secondary N) is 1. The highest BCUT2D eigenvalue weighted by Gasteiger charge is 2.17. The maximum atomic E-state index is 11.5. The number of nitrogen functional groups attached to an aromatic ring is 1. The summed E-state index contributed by atoms with van der Waals surface area (Å²) in [5, 5.41) is 4.94. The first-order chi connectivity index (χ1) is 6.93. The van der Waals surface area contributed by atoms with Gasteiger partial charge >= 0.3 is 0 Å². The lowest BCUT2D eigenvalue weighted by atomic mass is 10.1. The van der Waals surface area contributed by atoms with Crippen LogP contribution in [0.5, 0.6) is 0 Å². The average Bonchev–Trinajstić information content (AvgIpc) is 2.50. The maximum Gasteiger partial charge on any atom is 0.227 e. The van der Waals surface area contributed by atoms with Crippen LogP contribution in [0.3, 0.4) is 0 Å². The third kappa shape index (κ3) is 3.60. The van der Waals surface area contributed by atoms with Gasteiger partial charge in [0.2, 0.25) is 5.91 Å². The van der Waals surface area contributed by atoms with E-state index >= 15 is 0 Å². The third-order valence-electron chi connectivity index (χ3n) is 1.72. The molecule has 0 fully saturated rings. The van der Waals surface area contributed by atoms with Crippen molar-refractivity contribution in [2.45, 2.75) is 25.8 Å². The molecule has 0 radical (unpaired) electrons. The summed E-state index contributed by atoms with van der Waals surface area (Å²) in [7, 11) is 0. The molecular weight excluding hydrogens is 210 g/mol. The van der Waals surface area contributed by atoms with E-state index in [-0.39, 0.29) is 12.3 Å². The SMILES string of the molecule is C#CC(C)(C)NC(=O)Cc1csc(N)n1. The van der Waals surface area contributed by atoms with Crippen molar-refractivity contribution in [1.29, 1.82) is 0 Å². The standard InChI is InChI=1S/C10H13N3OS/c1-4-10(2,3)13-8(14)5-7-6-15-9(11)12-7/h1,6H,5H2,2-3H3,(H2,11,12)(H,13,14). The first-order valence-corrected chi connectivity index (χ1v) is 5.29. The molecule has 15 heavy (non-hydrogen) atoms. The van der Waals surface area contributed by atoms with Crippen LogP contribution >= 0.6 is 11.3 Å². The van der Waals surface area contributed by atoms with E-state index < -0.39 is 5.54 Å². The summed E-state index contributed by atoms with van der Waals surface area (Å²) in [5.74, 6) is 2.34. The van der Waals surface area contributed by atoms with Crippen LogP contribution < -0.4 is 11.1 Å². The van der Waals surface area contributed by atoms with Gasteiger partial charge in [-0.2, -0.15) is 0 Å². The van der Waals surface area contributed by atoms with Crippen LogP contribution in [0.15, 0.2) is 5.38 Å². The van der Waals surface area contributed by atoms with Gasteiger partial charge < -0.3 is 11.1 Å². The second-order valence-electron chi connectivity index (χ2n) is 3.67. The molecule has 80 valence electrons. The van der Waals surface area contributed by atoms with Gasteiger partial charge in [-0.3, -0.25) is 4.79 Å². The minimum absolute atomic E-state index is 0.150. The van der Waals surface area contributed by atoms with Crippen molar-refractivity contribution in [3.05, 3.63) is 11.1 Å². The van der Waals surface area contributed by atoms with E-state index in [1.54, 1.807) is 19.2 Å². The molecule has 1 heterocycles. The summed E-state index contributed by atoms with van der Waals surface area (Å²) in [5.41, 5.74) is 5.49. The minimum Gasteiger partial charge on any atom is -0.375 e. The largest absolute Gasteiger partial charge is 0.375 e. The topological polar surface area (TPSA) is 68.0 Å². The van der Waals surface area contributed by atoms with Gasteiger partial charge in [0.25, 0.3) is 0 Å². The van der Waals surface area contributed by atoms with E-state index in [0.29, 0.717) is 10.8 Å². The van der Waals surface area contributed by atoms with E-state index in [1.165, 1.54) is 11.3 Å². The number of terminal acetylenes is 1. The molecule has 0 aromatic carbocycles. The first-order valence-electron chi connectivity index (χ1n) is 4.41. The highest BCUT2D eigenvalue weighted by Crippen LogP contribution is 2.11. The quantitative estimate of drug-likeness (QED) is 0.745. The number of nitrogens with two attached hydrogens (primary N) is 1. The van der Waals surface area contributed by atoms with Gasteiger partial charge in [-0.15, -0.1) is 17.8 Å². The molecule has 3 N–H and O–H groups in total. The lowest BCUT2D eigenvalue weighted by Gasteiger charge is -2.18. The van der Waals surface area contributed by atoms with E-state index in [0.717, 1.165) is 0 Å². The molecule has 0 saturated heterocycles. The Bertz CT molecular complexity index is 403. The van der Waals surface area contributed by atoms with Crippen LogP contribution in [0.25, 0.3) is 0 Å². The molecule has 1 amide bonds. The lowest BCUT2D eigenvalue weighted by Crippen LogP contribution is -2.42. The van der Waals surface area contributed by atoms with Crippen LogP contribution in [0.2, 0.25) is 0 Å². The first kappa shape index (κ1) is 11.5. The molecule has 1 aromatic heterocycles. The summed E-state index contributed by atoms with van der Waals surface area (Å²) in [6.45, 7) is 3.53. The summed E-state index contributed by atoms with van der Waals surface area (Å²) in [6, 6.07) is 0. The third-order valence-corrected chi connectivity index (χ3v) is 2.45. The Labute approximate surface area is 92.9 Å². The Hall–Kier alpha value is -1.54. The van der Waals surface area contributed by atoms with Crippen LogP contribution in [0.4, 0.5) is 5.13 Å². The van der Waals surface area contributed by atoms with Crippen molar-refractivity contribution in [1.82, 2.24) is 10.3 Å². The fourth-order valence-electron chi connectivity index (χ4n) is 0.997. The number of hydrogen-bond acceptors (Lipinski definition) is 4. The van der Waals surface area contributed by atoms with Crippen molar-refractivity contribution in [2.75, 3.05) is 5.73 Å². The van der Waals surface area contributed by atoms with Crippen LogP contribution in [-0.4, -0.2) is 16.4 Å². The molecule has 4 nitrogen and oxygen atoms in total. The van der Waals surface area contributed by atoms with Gasteiger partial charge in [-0.1, -0.05) is 5.92 Å². The maximum absolute atomic E-state index is 11.5. The van der Waals surface area contributed by atoms with Crippen molar-refractivity contribution in [2.24, 2.45) is 0 Å². The summed E-state index contributed by atoms with van der Waals surface area (Å²) in [6.07, 6.45) is 5.46. The lowest BCUT2D eigenvalue weighted by molar-refractivity contribution is -0.121. The molecule has 1 aromatic rings. The number of nitrogens with zero attached hydrogens (tertiary/aromatic N) is 1. The number of rotatable bonds is 3. The molecule has 1 rings (SSSR count). The number of amides is 1. The van der Waals surface area contributed by atoms with Gasteiger partial charge in [0.15, 0.2) is 5.13 Å². The van der Waals surface area contributed by atoms with Gasteiger partial charge in [-0.05, 0) is 13.8 Å². The smallest absolute Gasteiger partial charge is 0.227 e. The fraction of sp³-hybridized carbons (Fsp3) is 0.400. The van der Waals surface area contributed by atoms with Crippen molar-refractivity contribution in [3.8, 4) is 12.3 Å². The van der Waals surface area contributed by atoms with Gasteiger partial charge in [0.05, 0.1) is 17.7 Å². The van der Waals surface area contributed by atoms with Gasteiger partial charge in [-0.25, -0.2) is 4.98 Å². The zero-order valence-electron chi connectivity index (χ0n) is 8.70. The molecular formula is C10H13N3OS. The Morgan fingerprint density at radius 1 is 1.80 bits per heavy atom. The van der Waals surface area contributed by atoms with Crippen LogP contribution in [0.1, 0.15) is 19.5 Å². The van der Waals surface area contributed by atoms with E-state index in [2.05, 4.69) is 16.2 Å². The molecule has 0 aliphatic rings. The van der Waals surface area contributed by atoms with Crippen LogP contribution in [0, 0.1) is 12.3 Å². The van der Waals surface area contributed by atoms with Crippen molar-refractivity contribution in [3.63, 3.8) is 0 Å². The van der Waals surface area contributed by atoms with Gasteiger partial charge in [0, 0.05) is 5.38 Å². The molecule has 0 atom stereocenters. The summed E-state index contributed by atoms with van der Waals surface area (Å²) in [4.78, 5) is 15.5. The average molecular weight is 223 g/mol. The molecule has 0 spiro atoms. The normalized spacial score (nSPS) is 10.7. The molecule has 0 bridgehead atoms. The molecule has 5 heteroatoms. The predicted molar refractivity (Wildman–Crippen MR) is 61.3 cm³/mol. The Morgan fingerprint density at radius 3 is 2.93 bits per heavy atom. The molecule has 0 aliphatic heterocycles. The number of carbonyl (C=O) groups is 1. The number of anilines is 1. The Morgan fingerprint density at radius 2 is 2.47 bits per heavy atom. The van der Waals surface area contributed by atoms with Crippen molar-refractivity contribution >= 4 is 22.4 Å². The highest BCUT2D eigenvalue weighted by molar-refractivity contribution is 7.13. The summed E-state index contributed by atoms with van der Waals surface area (Å²) < 4.78 is 0. The minimum atomic E-state index is -0.626. The Kier molecular flexibility index (Phi) is 3.32. The number of hydrogen-bond donors (Lipinski definition) is 2. The van der Waals surface area contributed by atoms with Crippen LogP contribution in [-0.2, 0) is 11.2 Å². The number of thiazole rings is 1. The second kappa shape index (κ2) is 4.32. The van der Waals surface area contributed by atoms with E-state index in [1.807, 2.05) is 0 Å². The Balaban J connectivity index is 2.55. The number of aromatic nitrogens is 1. The van der Waals surface area contributed by atoms with E-state index in [9.17, 15) is 4.79 Å². The number of carbonyl (C=O) groups excluding carboxylic acids is 1. The summed E-state index contributed by atoms with van der Waals surface area (Å²) >= 11 is 1.32. The zero-order valence-corrected chi connectivity index (χ0v) is 9.52. The highest BCUT2D eigenvalue weighted by atomic mass is 32.1. The molecule has 0 aliphatic carbocycles. The van der Waals surface area contributed by atoms with Gasteiger partial charge in [0.1, 0.15) is 0 Å². The fourth-order valence-corrected chi connectivity index (χ4v) is 1.56. The van der Waals surface area contributed by atoms with E-state index in [4.69, 9.17) is 12.2 Å².